The van der Waals surface area contributed by atoms with E-state index in [9.17, 15) is 0 Å². The van der Waals surface area contributed by atoms with Crippen LogP contribution >= 0.6 is 0 Å². The first-order valence-corrected chi connectivity index (χ1v) is 11.0. The van der Waals surface area contributed by atoms with Gasteiger partial charge in [-0.05, 0) is 42.4 Å². The van der Waals surface area contributed by atoms with Gasteiger partial charge in [0.05, 0.1) is 25.4 Å². The van der Waals surface area contributed by atoms with Gasteiger partial charge in [0.25, 0.3) is 0 Å². The molecule has 2 heterocycles. The first-order valence-electron chi connectivity index (χ1n) is 11.0. The number of benzene rings is 2. The van der Waals surface area contributed by atoms with Crippen molar-refractivity contribution in [3.05, 3.63) is 60.2 Å². The molecule has 5 heteroatoms. The van der Waals surface area contributed by atoms with Crippen molar-refractivity contribution in [2.24, 2.45) is 0 Å². The summed E-state index contributed by atoms with van der Waals surface area (Å²) in [4.78, 5) is 0. The van der Waals surface area contributed by atoms with Crippen LogP contribution in [0.25, 0.3) is 0 Å². The topological polar surface area (TPSA) is 36.9 Å². The first-order chi connectivity index (χ1) is 14.3. The van der Waals surface area contributed by atoms with E-state index in [0.29, 0.717) is 6.61 Å². The van der Waals surface area contributed by atoms with Crippen LogP contribution in [0.1, 0.15) is 57.1 Å². The molecular weight excluding hydrogens is 363 g/mol. The first kappa shape index (κ1) is 20.5. The molecule has 0 N–H and O–H groups in total. The summed E-state index contributed by atoms with van der Waals surface area (Å²) in [5.41, 5.74) is 2.27. The molecule has 29 heavy (non-hydrogen) atoms. The summed E-state index contributed by atoms with van der Waals surface area (Å²) in [7, 11) is -0.327. The Kier molecular flexibility index (Phi) is 7.26. The summed E-state index contributed by atoms with van der Waals surface area (Å²) < 4.78 is 24.3. The van der Waals surface area contributed by atoms with Gasteiger partial charge in [-0.2, -0.15) is 0 Å². The molecule has 0 radical (unpaired) electrons. The fraction of sp³-hybridized carbons (Fsp3) is 0.500. The third-order valence-corrected chi connectivity index (χ3v) is 5.77. The van der Waals surface area contributed by atoms with Gasteiger partial charge in [-0.25, -0.2) is 0 Å². The van der Waals surface area contributed by atoms with E-state index in [1.54, 1.807) is 0 Å². The van der Waals surface area contributed by atoms with Crippen LogP contribution in [-0.2, 0) is 14.0 Å². The maximum absolute atomic E-state index is 6.28. The predicted molar refractivity (Wildman–Crippen MR) is 116 cm³/mol. The van der Waals surface area contributed by atoms with Gasteiger partial charge in [0, 0.05) is 0 Å². The maximum atomic E-state index is 6.28. The van der Waals surface area contributed by atoms with Gasteiger partial charge in [0.15, 0.2) is 0 Å². The summed E-state index contributed by atoms with van der Waals surface area (Å²) in [6.45, 7) is 3.56. The van der Waals surface area contributed by atoms with Gasteiger partial charge in [-0.1, -0.05) is 68.7 Å². The smallest absolute Gasteiger partial charge is 0.494 e. The van der Waals surface area contributed by atoms with Crippen LogP contribution in [0.4, 0.5) is 0 Å². The number of fused-ring (bicyclic) bond motifs is 1. The SMILES string of the molecule is CCCCCCOc1ccc(B2OC[C@H]3O[C@@H](c4ccccc4)CC[C@@H]3O2)cc1. The molecule has 0 saturated carbocycles. The number of hydrogen-bond acceptors (Lipinski definition) is 4. The van der Waals surface area contributed by atoms with Crippen LogP contribution in [-0.4, -0.2) is 32.5 Å². The molecule has 0 amide bonds. The molecule has 0 aromatic heterocycles. The Hall–Kier alpha value is -1.82. The second-order valence-corrected chi connectivity index (χ2v) is 7.97. The van der Waals surface area contributed by atoms with E-state index in [4.69, 9.17) is 18.8 Å². The van der Waals surface area contributed by atoms with Crippen molar-refractivity contribution in [1.29, 1.82) is 0 Å². The molecule has 0 aliphatic carbocycles. The van der Waals surface area contributed by atoms with Gasteiger partial charge >= 0.3 is 7.12 Å². The Morgan fingerprint density at radius 3 is 2.55 bits per heavy atom. The number of ether oxygens (including phenoxy) is 2. The molecule has 154 valence electrons. The van der Waals surface area contributed by atoms with Gasteiger partial charge < -0.3 is 18.8 Å². The van der Waals surface area contributed by atoms with Crippen molar-refractivity contribution in [3.63, 3.8) is 0 Å². The van der Waals surface area contributed by atoms with Crippen LogP contribution in [0, 0.1) is 0 Å². The average Bonchev–Trinajstić information content (AvgIpc) is 2.79. The summed E-state index contributed by atoms with van der Waals surface area (Å²) in [6.07, 6.45) is 7.04. The molecule has 0 bridgehead atoms. The fourth-order valence-corrected chi connectivity index (χ4v) is 4.08. The third kappa shape index (κ3) is 5.41. The summed E-state index contributed by atoms with van der Waals surface area (Å²) in [5, 5.41) is 0. The van der Waals surface area contributed by atoms with E-state index in [0.717, 1.165) is 37.1 Å². The Morgan fingerprint density at radius 1 is 0.931 bits per heavy atom. The van der Waals surface area contributed by atoms with E-state index in [-0.39, 0.29) is 25.4 Å². The highest BCUT2D eigenvalue weighted by Gasteiger charge is 2.41. The highest BCUT2D eigenvalue weighted by molar-refractivity contribution is 6.61. The molecule has 2 aromatic rings. The Morgan fingerprint density at radius 2 is 1.76 bits per heavy atom. The lowest BCUT2D eigenvalue weighted by atomic mass is 9.76. The largest absolute Gasteiger partial charge is 0.494 e. The van der Waals surface area contributed by atoms with Crippen molar-refractivity contribution < 1.29 is 18.8 Å². The molecule has 2 aliphatic rings. The van der Waals surface area contributed by atoms with E-state index in [1.165, 1.54) is 24.8 Å². The highest BCUT2D eigenvalue weighted by atomic mass is 16.6. The lowest BCUT2D eigenvalue weighted by molar-refractivity contribution is -0.150. The normalized spacial score (nSPS) is 24.2. The predicted octanol–water partition coefficient (Wildman–Crippen LogP) is 4.68. The van der Waals surface area contributed by atoms with Crippen molar-refractivity contribution in [2.75, 3.05) is 13.2 Å². The second kappa shape index (κ2) is 10.3. The van der Waals surface area contributed by atoms with Gasteiger partial charge in [-0.3, -0.25) is 0 Å². The van der Waals surface area contributed by atoms with Gasteiger partial charge in [0.1, 0.15) is 11.9 Å². The number of unbranched alkanes of at least 4 members (excludes halogenated alkanes) is 3. The summed E-state index contributed by atoms with van der Waals surface area (Å²) in [5.74, 6) is 0.908. The lowest BCUT2D eigenvalue weighted by Gasteiger charge is -2.41. The minimum Gasteiger partial charge on any atom is -0.494 e. The van der Waals surface area contributed by atoms with Crippen LogP contribution in [0.5, 0.6) is 5.75 Å². The van der Waals surface area contributed by atoms with E-state index < -0.39 is 0 Å². The van der Waals surface area contributed by atoms with Crippen LogP contribution in [0.3, 0.4) is 0 Å². The quantitative estimate of drug-likeness (QED) is 0.481. The van der Waals surface area contributed by atoms with Crippen molar-refractivity contribution in [2.45, 2.75) is 63.8 Å². The maximum Gasteiger partial charge on any atom is 0.494 e. The van der Waals surface area contributed by atoms with E-state index in [1.807, 2.05) is 30.3 Å². The zero-order valence-corrected chi connectivity index (χ0v) is 17.3. The highest BCUT2D eigenvalue weighted by Crippen LogP contribution is 2.34. The molecule has 2 fully saturated rings. The number of rotatable bonds is 8. The summed E-state index contributed by atoms with van der Waals surface area (Å²) >= 11 is 0. The molecule has 4 nitrogen and oxygen atoms in total. The monoisotopic (exact) mass is 394 g/mol. The van der Waals surface area contributed by atoms with Gasteiger partial charge in [-0.15, -0.1) is 0 Å². The van der Waals surface area contributed by atoms with Crippen molar-refractivity contribution in [3.8, 4) is 5.75 Å². The fourth-order valence-electron chi connectivity index (χ4n) is 4.08. The molecule has 0 spiro atoms. The van der Waals surface area contributed by atoms with E-state index in [2.05, 4.69) is 31.2 Å². The number of hydrogen-bond donors (Lipinski definition) is 0. The van der Waals surface area contributed by atoms with Crippen molar-refractivity contribution >= 4 is 12.6 Å². The Labute approximate surface area is 174 Å². The standard InChI is InChI=1S/C24H31BO4/c1-2-3-4-8-17-26-21-13-11-20(12-14-21)25-27-18-24-23(29-25)16-15-22(28-24)19-9-6-5-7-10-19/h5-7,9-14,22-24H,2-4,8,15-18H2,1H3/t22-,23+,24-/m1/s1. The minimum absolute atomic E-state index is 0.00377. The average molecular weight is 394 g/mol. The van der Waals surface area contributed by atoms with Gasteiger partial charge in [0.2, 0.25) is 0 Å². The molecular formula is C24H31BO4. The Balaban J connectivity index is 1.27. The Bertz CT molecular complexity index is 736. The molecule has 4 rings (SSSR count). The zero-order valence-electron chi connectivity index (χ0n) is 17.3. The molecule has 2 aliphatic heterocycles. The minimum atomic E-state index is -0.327. The van der Waals surface area contributed by atoms with Crippen LogP contribution < -0.4 is 10.2 Å². The summed E-state index contributed by atoms with van der Waals surface area (Å²) in [6, 6.07) is 18.5. The van der Waals surface area contributed by atoms with E-state index >= 15 is 0 Å². The van der Waals surface area contributed by atoms with Crippen LogP contribution in [0.2, 0.25) is 0 Å². The third-order valence-electron chi connectivity index (χ3n) is 5.77. The molecule has 0 unspecified atom stereocenters. The lowest BCUT2D eigenvalue weighted by Crippen LogP contribution is -2.54. The van der Waals surface area contributed by atoms with Crippen LogP contribution in [0.15, 0.2) is 54.6 Å². The zero-order chi connectivity index (χ0) is 19.9. The molecule has 2 aromatic carbocycles. The second-order valence-electron chi connectivity index (χ2n) is 7.97. The van der Waals surface area contributed by atoms with Crippen molar-refractivity contribution in [1.82, 2.24) is 0 Å². The molecule has 3 atom stereocenters. The molecule has 2 saturated heterocycles.